The first-order chi connectivity index (χ1) is 18.0. The van der Waals surface area contributed by atoms with Gasteiger partial charge < -0.3 is 19.7 Å². The van der Waals surface area contributed by atoms with Crippen LogP contribution in [0.3, 0.4) is 0 Å². The third-order valence-electron chi connectivity index (χ3n) is 7.11. The maximum atomic E-state index is 14.0. The summed E-state index contributed by atoms with van der Waals surface area (Å²) < 4.78 is 25.2. The lowest BCUT2D eigenvalue weighted by Crippen LogP contribution is -2.37. The number of carbonyl (C=O) groups excluding carboxylic acids is 2. The highest BCUT2D eigenvalue weighted by molar-refractivity contribution is 5.98. The number of hydrogen-bond donors (Lipinski definition) is 1. The van der Waals surface area contributed by atoms with Crippen molar-refractivity contribution < 1.29 is 23.5 Å². The number of halogens is 1. The SMILES string of the molecule is CC(NC(=O)c1ccc(F)cc1OCc1ccccc1)c1ccc2c(c1)CCN2C(=O)C1CCOCC1. The summed E-state index contributed by atoms with van der Waals surface area (Å²) in [5.41, 5.74) is 4.20. The summed E-state index contributed by atoms with van der Waals surface area (Å²) in [5, 5.41) is 3.01. The highest BCUT2D eigenvalue weighted by Crippen LogP contribution is 2.33. The summed E-state index contributed by atoms with van der Waals surface area (Å²) in [5.74, 6) is -0.412. The third-order valence-corrected chi connectivity index (χ3v) is 7.11. The Labute approximate surface area is 216 Å². The van der Waals surface area contributed by atoms with E-state index in [4.69, 9.17) is 9.47 Å². The van der Waals surface area contributed by atoms with Crippen molar-refractivity contribution in [1.82, 2.24) is 5.32 Å². The Kier molecular flexibility index (Phi) is 7.51. The minimum Gasteiger partial charge on any atom is -0.488 e. The molecule has 0 spiro atoms. The standard InChI is InChI=1S/C30H31FN2O4/c1-20(23-7-10-27-24(17-23)11-14-33(27)30(35)22-12-15-36-16-13-22)32-29(34)26-9-8-25(31)18-28(26)37-19-21-5-3-2-4-6-21/h2-10,17-18,20,22H,11-16,19H2,1H3,(H,32,34). The van der Waals surface area contributed by atoms with Crippen LogP contribution in [0.2, 0.25) is 0 Å². The maximum Gasteiger partial charge on any atom is 0.255 e. The number of rotatable bonds is 7. The molecule has 0 bridgehead atoms. The van der Waals surface area contributed by atoms with E-state index in [2.05, 4.69) is 11.4 Å². The van der Waals surface area contributed by atoms with Gasteiger partial charge in [0.05, 0.1) is 11.6 Å². The number of amides is 2. The molecule has 0 saturated carbocycles. The minimum atomic E-state index is -0.467. The number of hydrogen-bond acceptors (Lipinski definition) is 4. The van der Waals surface area contributed by atoms with Crippen LogP contribution >= 0.6 is 0 Å². The van der Waals surface area contributed by atoms with Crippen LogP contribution in [0.15, 0.2) is 66.7 Å². The summed E-state index contributed by atoms with van der Waals surface area (Å²) in [6, 6.07) is 19.2. The molecule has 0 aliphatic carbocycles. The van der Waals surface area contributed by atoms with Crippen molar-refractivity contribution in [1.29, 1.82) is 0 Å². The number of nitrogens with zero attached hydrogens (tertiary/aromatic N) is 1. The van der Waals surface area contributed by atoms with Gasteiger partial charge in [-0.05, 0) is 61.1 Å². The molecule has 1 atom stereocenters. The van der Waals surface area contributed by atoms with Gasteiger partial charge >= 0.3 is 0 Å². The van der Waals surface area contributed by atoms with Gasteiger partial charge in [0, 0.05) is 37.4 Å². The molecule has 2 amide bonds. The van der Waals surface area contributed by atoms with E-state index in [-0.39, 0.29) is 41.7 Å². The van der Waals surface area contributed by atoms with Crippen LogP contribution in [0.4, 0.5) is 10.1 Å². The van der Waals surface area contributed by atoms with E-state index in [0.29, 0.717) is 19.8 Å². The molecule has 1 fully saturated rings. The van der Waals surface area contributed by atoms with Gasteiger partial charge in [0.15, 0.2) is 0 Å². The molecule has 1 N–H and O–H groups in total. The van der Waals surface area contributed by atoms with E-state index in [9.17, 15) is 14.0 Å². The molecular weight excluding hydrogens is 471 g/mol. The Morgan fingerprint density at radius 2 is 1.86 bits per heavy atom. The predicted octanol–water partition coefficient (Wildman–Crippen LogP) is 5.21. The molecule has 0 aromatic heterocycles. The first-order valence-corrected chi connectivity index (χ1v) is 12.8. The summed E-state index contributed by atoms with van der Waals surface area (Å²) >= 11 is 0. The van der Waals surface area contributed by atoms with Crippen LogP contribution in [0, 0.1) is 11.7 Å². The molecule has 6 nitrogen and oxygen atoms in total. The van der Waals surface area contributed by atoms with Crippen molar-refractivity contribution in [3.8, 4) is 5.75 Å². The number of fused-ring (bicyclic) bond motifs is 1. The molecule has 2 aliphatic rings. The number of ether oxygens (including phenoxy) is 2. The fourth-order valence-electron chi connectivity index (χ4n) is 4.98. The molecule has 2 aliphatic heterocycles. The van der Waals surface area contributed by atoms with Crippen molar-refractivity contribution >= 4 is 17.5 Å². The van der Waals surface area contributed by atoms with E-state index in [0.717, 1.165) is 41.6 Å². The highest BCUT2D eigenvalue weighted by atomic mass is 19.1. The van der Waals surface area contributed by atoms with Gasteiger partial charge in [-0.3, -0.25) is 9.59 Å². The molecular formula is C30H31FN2O4. The van der Waals surface area contributed by atoms with Crippen LogP contribution in [0.1, 0.15) is 52.9 Å². The quantitative estimate of drug-likeness (QED) is 0.482. The molecule has 37 heavy (non-hydrogen) atoms. The lowest BCUT2D eigenvalue weighted by Gasteiger charge is -2.27. The topological polar surface area (TPSA) is 67.9 Å². The zero-order valence-electron chi connectivity index (χ0n) is 20.9. The van der Waals surface area contributed by atoms with Crippen LogP contribution in [-0.2, 0) is 22.6 Å². The van der Waals surface area contributed by atoms with Gasteiger partial charge in [-0.25, -0.2) is 4.39 Å². The van der Waals surface area contributed by atoms with Crippen molar-refractivity contribution in [2.75, 3.05) is 24.7 Å². The molecule has 3 aromatic carbocycles. The Balaban J connectivity index is 1.26. The Morgan fingerprint density at radius 1 is 1.08 bits per heavy atom. The summed E-state index contributed by atoms with van der Waals surface area (Å²) in [6.45, 7) is 4.09. The van der Waals surface area contributed by atoms with E-state index < -0.39 is 5.82 Å². The second kappa shape index (κ2) is 11.1. The van der Waals surface area contributed by atoms with E-state index in [1.165, 1.54) is 18.2 Å². The lowest BCUT2D eigenvalue weighted by molar-refractivity contribution is -0.125. The average molecular weight is 503 g/mol. The normalized spacial score (nSPS) is 16.2. The number of anilines is 1. The number of nitrogens with one attached hydrogen (secondary N) is 1. The van der Waals surface area contributed by atoms with Crippen LogP contribution in [-0.4, -0.2) is 31.6 Å². The van der Waals surface area contributed by atoms with E-state index >= 15 is 0 Å². The molecule has 5 rings (SSSR count). The molecule has 1 unspecified atom stereocenters. The fraction of sp³-hybridized carbons (Fsp3) is 0.333. The van der Waals surface area contributed by atoms with Gasteiger partial charge in [-0.1, -0.05) is 42.5 Å². The van der Waals surface area contributed by atoms with Gasteiger partial charge in [-0.2, -0.15) is 0 Å². The molecule has 1 saturated heterocycles. The molecule has 192 valence electrons. The fourth-order valence-corrected chi connectivity index (χ4v) is 4.98. The zero-order chi connectivity index (χ0) is 25.8. The first kappa shape index (κ1) is 25.0. The number of benzene rings is 3. The second-order valence-electron chi connectivity index (χ2n) is 9.62. The third kappa shape index (κ3) is 5.67. The summed E-state index contributed by atoms with van der Waals surface area (Å²) in [7, 11) is 0. The lowest BCUT2D eigenvalue weighted by atomic mass is 9.98. The molecule has 2 heterocycles. The van der Waals surface area contributed by atoms with Crippen LogP contribution < -0.4 is 15.0 Å². The first-order valence-electron chi connectivity index (χ1n) is 12.8. The average Bonchev–Trinajstić information content (AvgIpc) is 3.36. The van der Waals surface area contributed by atoms with Crippen molar-refractivity contribution in [3.63, 3.8) is 0 Å². The second-order valence-corrected chi connectivity index (χ2v) is 9.62. The van der Waals surface area contributed by atoms with Crippen LogP contribution in [0.25, 0.3) is 0 Å². The predicted molar refractivity (Wildman–Crippen MR) is 139 cm³/mol. The van der Waals surface area contributed by atoms with Crippen molar-refractivity contribution in [3.05, 3.63) is 94.8 Å². The van der Waals surface area contributed by atoms with Crippen LogP contribution in [0.5, 0.6) is 5.75 Å². The van der Waals surface area contributed by atoms with Crippen molar-refractivity contribution in [2.24, 2.45) is 5.92 Å². The monoisotopic (exact) mass is 502 g/mol. The number of carbonyl (C=O) groups is 2. The van der Waals surface area contributed by atoms with Crippen molar-refractivity contribution in [2.45, 2.75) is 38.8 Å². The van der Waals surface area contributed by atoms with Gasteiger partial charge in [0.2, 0.25) is 5.91 Å². The highest BCUT2D eigenvalue weighted by Gasteiger charge is 2.31. The van der Waals surface area contributed by atoms with E-state index in [1.54, 1.807) is 0 Å². The van der Waals surface area contributed by atoms with Gasteiger partial charge in [-0.15, -0.1) is 0 Å². The summed E-state index contributed by atoms with van der Waals surface area (Å²) in [6.07, 6.45) is 2.33. The Hall–Kier alpha value is -3.71. The maximum absolute atomic E-state index is 14.0. The summed E-state index contributed by atoms with van der Waals surface area (Å²) in [4.78, 5) is 28.1. The molecule has 3 aromatic rings. The molecule has 0 radical (unpaired) electrons. The molecule has 7 heteroatoms. The minimum absolute atomic E-state index is 0.0200. The van der Waals surface area contributed by atoms with E-state index in [1.807, 2.05) is 54.3 Å². The Morgan fingerprint density at radius 3 is 2.65 bits per heavy atom. The van der Waals surface area contributed by atoms with Gasteiger partial charge in [0.1, 0.15) is 18.2 Å². The zero-order valence-corrected chi connectivity index (χ0v) is 20.9. The Bertz CT molecular complexity index is 1270. The van der Waals surface area contributed by atoms with Gasteiger partial charge in [0.25, 0.3) is 5.91 Å². The largest absolute Gasteiger partial charge is 0.488 e. The smallest absolute Gasteiger partial charge is 0.255 e.